The predicted molar refractivity (Wildman–Crippen MR) is 31.3 cm³/mol. The molecule has 0 saturated heterocycles. The number of nitrogens with one attached hydrogen (secondary N) is 1. The van der Waals surface area contributed by atoms with Crippen LogP contribution in [0.15, 0.2) is 0 Å². The van der Waals surface area contributed by atoms with Crippen molar-refractivity contribution < 1.29 is 0 Å². The molecule has 7 heteroatoms. The van der Waals surface area contributed by atoms with E-state index in [1.54, 1.807) is 6.19 Å². The molecule has 7 nitrogen and oxygen atoms in total. The molecule has 1 aromatic heterocycles. The highest BCUT2D eigenvalue weighted by Crippen LogP contribution is 1.92. The highest BCUT2D eigenvalue weighted by atomic mass is 15.4. The molecule has 1 heterocycles. The van der Waals surface area contributed by atoms with Crippen LogP contribution in [0.25, 0.3) is 0 Å². The van der Waals surface area contributed by atoms with E-state index < -0.39 is 0 Å². The fourth-order valence-electron chi connectivity index (χ4n) is 0.367. The van der Waals surface area contributed by atoms with Gasteiger partial charge in [-0.1, -0.05) is 10.2 Å². The normalized spacial score (nSPS) is 8.30. The summed E-state index contributed by atoms with van der Waals surface area (Å²) in [5, 5.41) is 20.1. The molecule has 1 aromatic rings. The smallest absolute Gasteiger partial charge is 0.261 e. The molecule has 0 spiro atoms. The minimum atomic E-state index is -0.0206. The number of hydrogen-bond acceptors (Lipinski definition) is 7. The van der Waals surface area contributed by atoms with Crippen molar-refractivity contribution in [3.8, 4) is 6.19 Å². The Morgan fingerprint density at radius 1 is 1.50 bits per heavy atom. The summed E-state index contributed by atoms with van der Waals surface area (Å²) >= 11 is 0. The lowest BCUT2D eigenvalue weighted by Crippen LogP contribution is -2.03. The van der Waals surface area contributed by atoms with Crippen LogP contribution in [0.5, 0.6) is 0 Å². The van der Waals surface area contributed by atoms with Gasteiger partial charge in [0.05, 0.1) is 0 Å². The SMILES string of the molecule is N#CNc1nnnc(N)n1. The van der Waals surface area contributed by atoms with E-state index in [4.69, 9.17) is 11.0 Å². The molecule has 0 saturated carbocycles. The Morgan fingerprint density at radius 2 is 2.30 bits per heavy atom. The lowest BCUT2D eigenvalue weighted by Gasteiger charge is -1.90. The molecule has 1 rings (SSSR count). The molecule has 10 heavy (non-hydrogen) atoms. The summed E-state index contributed by atoms with van der Waals surface area (Å²) < 4.78 is 0. The molecule has 0 radical (unpaired) electrons. The first-order valence-electron chi connectivity index (χ1n) is 2.31. The topological polar surface area (TPSA) is 113 Å². The Kier molecular flexibility index (Phi) is 1.56. The van der Waals surface area contributed by atoms with Crippen LogP contribution in [-0.2, 0) is 0 Å². The molecular weight excluding hydrogens is 134 g/mol. The quantitative estimate of drug-likeness (QED) is 0.366. The summed E-state index contributed by atoms with van der Waals surface area (Å²) in [6.07, 6.45) is 1.61. The number of hydrogen-bond donors (Lipinski definition) is 2. The number of nitrogens with zero attached hydrogens (tertiary/aromatic N) is 5. The van der Waals surface area contributed by atoms with E-state index in [0.717, 1.165) is 0 Å². The number of aromatic nitrogens is 4. The molecule has 0 atom stereocenters. The van der Waals surface area contributed by atoms with Crippen molar-refractivity contribution in [2.24, 2.45) is 0 Å². The van der Waals surface area contributed by atoms with E-state index in [9.17, 15) is 0 Å². The first kappa shape index (κ1) is 6.15. The van der Waals surface area contributed by atoms with Gasteiger partial charge in [0.1, 0.15) is 0 Å². The van der Waals surface area contributed by atoms with Crippen LogP contribution in [0.1, 0.15) is 0 Å². The number of nitrogens with two attached hydrogens (primary N) is 1. The van der Waals surface area contributed by atoms with Gasteiger partial charge in [0.15, 0.2) is 6.19 Å². The maximum absolute atomic E-state index is 8.08. The van der Waals surface area contributed by atoms with E-state index >= 15 is 0 Å². The van der Waals surface area contributed by atoms with Crippen LogP contribution in [0.4, 0.5) is 11.9 Å². The minimum Gasteiger partial charge on any atom is -0.366 e. The zero-order valence-corrected chi connectivity index (χ0v) is 4.81. The van der Waals surface area contributed by atoms with Crippen molar-refractivity contribution in [3.63, 3.8) is 0 Å². The van der Waals surface area contributed by atoms with Crippen LogP contribution in [-0.4, -0.2) is 20.4 Å². The van der Waals surface area contributed by atoms with E-state index in [0.29, 0.717) is 0 Å². The van der Waals surface area contributed by atoms with Gasteiger partial charge in [-0.05, 0) is 5.21 Å². The summed E-state index contributed by atoms with van der Waals surface area (Å²) in [5.41, 5.74) is 5.11. The number of nitrogen functional groups attached to an aromatic ring is 1. The van der Waals surface area contributed by atoms with Gasteiger partial charge in [-0.3, -0.25) is 5.32 Å². The standard InChI is InChI=1S/C3H3N7/c4-1-6-3-7-2(5)8-10-9-3/h(H3,5,6,7,8,9). The third-order valence-electron chi connectivity index (χ3n) is 0.675. The molecule has 0 aliphatic carbocycles. The molecule has 0 aliphatic rings. The lowest BCUT2D eigenvalue weighted by atomic mass is 10.9. The van der Waals surface area contributed by atoms with Gasteiger partial charge in [0.25, 0.3) is 5.95 Å². The maximum atomic E-state index is 8.08. The van der Waals surface area contributed by atoms with Crippen molar-refractivity contribution in [3.05, 3.63) is 0 Å². The highest BCUT2D eigenvalue weighted by Gasteiger charge is 1.94. The first-order chi connectivity index (χ1) is 4.83. The Hall–Kier alpha value is -1.97. The summed E-state index contributed by atoms with van der Waals surface area (Å²) in [6.45, 7) is 0. The van der Waals surface area contributed by atoms with Crippen LogP contribution in [0.2, 0.25) is 0 Å². The Bertz CT molecular complexity index is 262. The fraction of sp³-hybridized carbons (Fsp3) is 0. The van der Waals surface area contributed by atoms with E-state index in [2.05, 4.69) is 25.7 Å². The third kappa shape index (κ3) is 1.25. The molecule has 50 valence electrons. The predicted octanol–water partition coefficient (Wildman–Crippen LogP) is -1.26. The monoisotopic (exact) mass is 137 g/mol. The Labute approximate surface area is 55.9 Å². The van der Waals surface area contributed by atoms with Crippen molar-refractivity contribution in [1.82, 2.24) is 20.4 Å². The molecule has 0 aromatic carbocycles. The average molecular weight is 137 g/mol. The van der Waals surface area contributed by atoms with Gasteiger partial charge in [-0.25, -0.2) is 0 Å². The summed E-state index contributed by atoms with van der Waals surface area (Å²) in [6, 6.07) is 0. The molecule has 3 N–H and O–H groups in total. The number of nitriles is 1. The largest absolute Gasteiger partial charge is 0.366 e. The molecule has 0 fully saturated rings. The number of rotatable bonds is 1. The molecule has 0 bridgehead atoms. The zero-order valence-electron chi connectivity index (χ0n) is 4.81. The molecule has 0 aliphatic heterocycles. The van der Waals surface area contributed by atoms with Crippen LogP contribution in [0, 0.1) is 11.5 Å². The molecule has 0 amide bonds. The highest BCUT2D eigenvalue weighted by molar-refractivity contribution is 5.31. The van der Waals surface area contributed by atoms with Crippen LogP contribution < -0.4 is 11.1 Å². The summed E-state index contributed by atoms with van der Waals surface area (Å²) in [5.74, 6) is 0.0303. The van der Waals surface area contributed by atoms with Gasteiger partial charge in [0, 0.05) is 0 Å². The summed E-state index contributed by atoms with van der Waals surface area (Å²) in [7, 11) is 0. The van der Waals surface area contributed by atoms with Gasteiger partial charge < -0.3 is 5.73 Å². The summed E-state index contributed by atoms with van der Waals surface area (Å²) in [4.78, 5) is 3.52. The van der Waals surface area contributed by atoms with Gasteiger partial charge in [-0.15, -0.1) is 0 Å². The Balaban J connectivity index is 2.87. The molecular formula is C3H3N7. The fourth-order valence-corrected chi connectivity index (χ4v) is 0.367. The van der Waals surface area contributed by atoms with Gasteiger partial charge in [0.2, 0.25) is 5.95 Å². The third-order valence-corrected chi connectivity index (χ3v) is 0.675. The van der Waals surface area contributed by atoms with Crippen molar-refractivity contribution in [1.29, 1.82) is 5.26 Å². The van der Waals surface area contributed by atoms with Gasteiger partial charge in [-0.2, -0.15) is 10.2 Å². The second-order valence-electron chi connectivity index (χ2n) is 1.32. The van der Waals surface area contributed by atoms with Crippen molar-refractivity contribution in [2.75, 3.05) is 11.1 Å². The van der Waals surface area contributed by atoms with Crippen molar-refractivity contribution >= 4 is 11.9 Å². The second kappa shape index (κ2) is 2.54. The molecule has 0 unspecified atom stereocenters. The van der Waals surface area contributed by atoms with E-state index in [1.165, 1.54) is 0 Å². The number of anilines is 2. The van der Waals surface area contributed by atoms with Crippen LogP contribution in [0.3, 0.4) is 0 Å². The second-order valence-corrected chi connectivity index (χ2v) is 1.32. The van der Waals surface area contributed by atoms with Crippen molar-refractivity contribution in [2.45, 2.75) is 0 Å². The van der Waals surface area contributed by atoms with Crippen LogP contribution >= 0.6 is 0 Å². The van der Waals surface area contributed by atoms with Gasteiger partial charge >= 0.3 is 0 Å². The van der Waals surface area contributed by atoms with E-state index in [1.807, 2.05) is 0 Å². The minimum absolute atomic E-state index is 0.0206. The Morgan fingerprint density at radius 3 is 2.90 bits per heavy atom. The first-order valence-corrected chi connectivity index (χ1v) is 2.31. The zero-order chi connectivity index (χ0) is 7.40. The average Bonchev–Trinajstić information content (AvgIpc) is 1.88. The lowest BCUT2D eigenvalue weighted by molar-refractivity contribution is 0.839. The maximum Gasteiger partial charge on any atom is 0.261 e. The van der Waals surface area contributed by atoms with E-state index in [-0.39, 0.29) is 11.9 Å².